The summed E-state index contributed by atoms with van der Waals surface area (Å²) in [5.74, 6) is 0. The first-order valence-corrected chi connectivity index (χ1v) is 22.2. The van der Waals surface area contributed by atoms with Crippen LogP contribution in [-0.2, 0) is 12.8 Å². The number of rotatable bonds is 16. The zero-order valence-electron chi connectivity index (χ0n) is 28.7. The zero-order valence-corrected chi connectivity index (χ0v) is 34.1. The highest BCUT2D eigenvalue weighted by molar-refractivity contribution is 14.1. The fourth-order valence-electron chi connectivity index (χ4n) is 6.35. The fraction of sp³-hybridized carbons (Fsp3) is 0.286. The number of benzene rings is 3. The number of hydrogen-bond acceptors (Lipinski definition) is 7. The average Bonchev–Trinajstić information content (AvgIpc) is 3.93. The van der Waals surface area contributed by atoms with Crippen LogP contribution in [0.15, 0.2) is 97.1 Å². The predicted octanol–water partition coefficient (Wildman–Crippen LogP) is 15.2. The maximum Gasteiger partial charge on any atom is 0.155 e. The van der Waals surface area contributed by atoms with E-state index >= 15 is 0 Å². The van der Waals surface area contributed by atoms with Crippen molar-refractivity contribution < 1.29 is 0 Å². The molecule has 0 atom stereocenters. The van der Waals surface area contributed by atoms with Gasteiger partial charge in [0.05, 0.1) is 12.6 Å². The minimum atomic E-state index is 1.05. The summed E-state index contributed by atoms with van der Waals surface area (Å²) in [6, 6.07) is 35.2. The minimum absolute atomic E-state index is 1.05. The Morgan fingerprint density at radius 3 is 1.60 bits per heavy atom. The van der Waals surface area contributed by atoms with Crippen molar-refractivity contribution in [2.24, 2.45) is 0 Å². The number of fused-ring (bicyclic) bond motifs is 1. The summed E-state index contributed by atoms with van der Waals surface area (Å²) in [6.45, 7) is 4.56. The van der Waals surface area contributed by atoms with Gasteiger partial charge in [-0.3, -0.25) is 0 Å². The number of para-hydroxylation sites is 2. The molecule has 4 heterocycles. The summed E-state index contributed by atoms with van der Waals surface area (Å²) in [4.78, 5) is 18.6. The number of aryl methyl sites for hydroxylation is 2. The van der Waals surface area contributed by atoms with Crippen molar-refractivity contribution in [1.82, 2.24) is 9.97 Å². The van der Waals surface area contributed by atoms with Gasteiger partial charge < -0.3 is 4.90 Å². The Hall–Kier alpha value is -2.89. The number of halogens is 1. The number of unbranched alkanes of at least 4 members (excludes halogenated alkanes) is 6. The van der Waals surface area contributed by atoms with Crippen molar-refractivity contribution >= 4 is 94.7 Å². The van der Waals surface area contributed by atoms with Crippen LogP contribution in [0.5, 0.6) is 0 Å². The van der Waals surface area contributed by atoms with Crippen LogP contribution in [0.3, 0.4) is 0 Å². The maximum atomic E-state index is 5.17. The van der Waals surface area contributed by atoms with E-state index in [2.05, 4.69) is 138 Å². The Morgan fingerprint density at radius 2 is 1.04 bits per heavy atom. The third-order valence-electron chi connectivity index (χ3n) is 8.98. The predicted molar refractivity (Wildman–Crippen MR) is 230 cm³/mol. The van der Waals surface area contributed by atoms with Crippen LogP contribution in [0.2, 0.25) is 0 Å². The molecule has 7 rings (SSSR count). The first-order valence-electron chi connectivity index (χ1n) is 17.8. The molecule has 0 aliphatic rings. The van der Waals surface area contributed by atoms with Gasteiger partial charge in [0, 0.05) is 21.9 Å². The molecular formula is C42H42IN3S4. The summed E-state index contributed by atoms with van der Waals surface area (Å²) in [5.41, 5.74) is 7.64. The highest BCUT2D eigenvalue weighted by Gasteiger charge is 2.20. The molecule has 0 saturated heterocycles. The molecule has 0 aliphatic carbocycles. The van der Waals surface area contributed by atoms with Crippen molar-refractivity contribution in [3.8, 4) is 30.2 Å². The molecule has 0 N–H and O–H groups in total. The van der Waals surface area contributed by atoms with E-state index in [0.717, 1.165) is 43.2 Å². The molecule has 8 heteroatoms. The van der Waals surface area contributed by atoms with Gasteiger partial charge in [0.2, 0.25) is 0 Å². The average molecular weight is 844 g/mol. The van der Waals surface area contributed by atoms with Crippen LogP contribution in [0.4, 0.5) is 17.1 Å². The van der Waals surface area contributed by atoms with Crippen LogP contribution < -0.4 is 4.90 Å². The van der Waals surface area contributed by atoms with Crippen LogP contribution in [-0.4, -0.2) is 9.97 Å². The Morgan fingerprint density at radius 1 is 0.540 bits per heavy atom. The lowest BCUT2D eigenvalue weighted by atomic mass is 10.0. The highest BCUT2D eigenvalue weighted by Crippen LogP contribution is 2.45. The van der Waals surface area contributed by atoms with Crippen molar-refractivity contribution in [3.63, 3.8) is 0 Å². The molecular weight excluding hydrogens is 802 g/mol. The van der Waals surface area contributed by atoms with Gasteiger partial charge in [-0.25, -0.2) is 9.97 Å². The normalized spacial score (nSPS) is 11.5. The molecule has 3 aromatic carbocycles. The number of hydrogen-bond donors (Lipinski definition) is 0. The standard InChI is InChI=1S/C42H42IN3S4/c1-3-5-7-11-17-30-27-35(39-44-41-42(49-39)45-40(50-41)36-28-31(38(43)48-36)18-12-8-6-4-2)47-37(30)29-23-25-34(26-24-29)46(32-19-13-9-14-20-32)33-21-15-10-16-22-33/h9-10,13-16,19-28H,3-8,11-12,17-18H2,1-2H3. The third-order valence-corrected chi connectivity index (χ3v) is 14.9. The molecule has 0 amide bonds. The van der Waals surface area contributed by atoms with Gasteiger partial charge in [-0.1, -0.05) is 124 Å². The second-order valence-corrected chi connectivity index (χ2v) is 18.6. The summed E-state index contributed by atoms with van der Waals surface area (Å²) >= 11 is 9.76. The molecule has 3 nitrogen and oxygen atoms in total. The van der Waals surface area contributed by atoms with E-state index < -0.39 is 0 Å². The van der Waals surface area contributed by atoms with Gasteiger partial charge in [0.1, 0.15) is 10.0 Å². The van der Waals surface area contributed by atoms with Crippen LogP contribution >= 0.6 is 67.9 Å². The van der Waals surface area contributed by atoms with Crippen LogP contribution in [0, 0.1) is 2.88 Å². The topological polar surface area (TPSA) is 29.0 Å². The van der Waals surface area contributed by atoms with Gasteiger partial charge in [-0.05, 0) is 113 Å². The van der Waals surface area contributed by atoms with Gasteiger partial charge in [0.15, 0.2) is 9.66 Å². The van der Waals surface area contributed by atoms with E-state index in [4.69, 9.17) is 9.97 Å². The van der Waals surface area contributed by atoms with Crippen LogP contribution in [0.25, 0.3) is 39.9 Å². The molecule has 0 fully saturated rings. The Balaban J connectivity index is 1.16. The highest BCUT2D eigenvalue weighted by atomic mass is 127. The van der Waals surface area contributed by atoms with Gasteiger partial charge in [0.25, 0.3) is 0 Å². The Labute approximate surface area is 326 Å². The smallest absolute Gasteiger partial charge is 0.155 e. The van der Waals surface area contributed by atoms with E-state index in [1.165, 1.54) is 92.0 Å². The number of anilines is 3. The number of nitrogens with zero attached hydrogens (tertiary/aromatic N) is 3. The van der Waals surface area contributed by atoms with Gasteiger partial charge >= 0.3 is 0 Å². The van der Waals surface area contributed by atoms with Crippen molar-refractivity contribution in [3.05, 3.63) is 111 Å². The monoisotopic (exact) mass is 843 g/mol. The summed E-state index contributed by atoms with van der Waals surface area (Å²) in [6.07, 6.45) is 12.5. The number of aromatic nitrogens is 2. The lowest BCUT2D eigenvalue weighted by Gasteiger charge is -2.25. The third kappa shape index (κ3) is 8.26. The molecule has 0 unspecified atom stereocenters. The van der Waals surface area contributed by atoms with E-state index in [1.54, 1.807) is 22.7 Å². The van der Waals surface area contributed by atoms with Crippen molar-refractivity contribution in [2.75, 3.05) is 4.90 Å². The van der Waals surface area contributed by atoms with Crippen molar-refractivity contribution in [2.45, 2.75) is 78.1 Å². The molecule has 4 aromatic heterocycles. The molecule has 0 bridgehead atoms. The Kier molecular flexibility index (Phi) is 12.1. The lowest BCUT2D eigenvalue weighted by molar-refractivity contribution is 0.667. The maximum absolute atomic E-state index is 5.17. The molecule has 256 valence electrons. The fourth-order valence-corrected chi connectivity index (χ4v) is 11.8. The van der Waals surface area contributed by atoms with E-state index in [0.29, 0.717) is 0 Å². The minimum Gasteiger partial charge on any atom is -0.311 e. The van der Waals surface area contributed by atoms with Crippen molar-refractivity contribution in [1.29, 1.82) is 0 Å². The lowest BCUT2D eigenvalue weighted by Crippen LogP contribution is -2.09. The SMILES string of the molecule is CCCCCCc1cc(-c2nc3sc(-c4cc(CCCCCC)c(-c5ccc(N(c6ccccc6)c6ccccc6)cc5)s4)nc3s2)sc1I. The second kappa shape index (κ2) is 17.1. The van der Waals surface area contributed by atoms with Gasteiger partial charge in [-0.2, -0.15) is 0 Å². The largest absolute Gasteiger partial charge is 0.311 e. The summed E-state index contributed by atoms with van der Waals surface area (Å²) in [5, 5.41) is 2.20. The zero-order chi connectivity index (χ0) is 34.3. The van der Waals surface area contributed by atoms with E-state index in [1.807, 2.05) is 22.7 Å². The van der Waals surface area contributed by atoms with E-state index in [-0.39, 0.29) is 0 Å². The first-order chi connectivity index (χ1) is 24.6. The quantitative estimate of drug-likeness (QED) is 0.0717. The van der Waals surface area contributed by atoms with Gasteiger partial charge in [-0.15, -0.1) is 22.7 Å². The molecule has 0 saturated carbocycles. The Bertz CT molecular complexity index is 2040. The number of thiazole rings is 2. The van der Waals surface area contributed by atoms with Crippen LogP contribution in [0.1, 0.15) is 76.3 Å². The molecule has 0 radical (unpaired) electrons. The second-order valence-electron chi connectivity index (χ2n) is 12.7. The molecule has 7 aromatic rings. The summed E-state index contributed by atoms with van der Waals surface area (Å²) in [7, 11) is 0. The molecule has 50 heavy (non-hydrogen) atoms. The first kappa shape index (κ1) is 35.5. The molecule has 0 spiro atoms. The number of thiophene rings is 2. The van der Waals surface area contributed by atoms with E-state index in [9.17, 15) is 0 Å². The summed E-state index contributed by atoms with van der Waals surface area (Å²) < 4.78 is 1.40. The molecule has 0 aliphatic heterocycles.